The van der Waals surface area contributed by atoms with E-state index in [1.54, 1.807) is 0 Å². The third-order valence-electron chi connectivity index (χ3n) is 5.31. The molecule has 1 amide bonds. The second-order valence-corrected chi connectivity index (χ2v) is 9.22. The van der Waals surface area contributed by atoms with Crippen molar-refractivity contribution in [1.29, 1.82) is 0 Å². The molecular weight excluding hydrogens is 404 g/mol. The monoisotopic (exact) mass is 433 g/mol. The van der Waals surface area contributed by atoms with Crippen LogP contribution in [-0.4, -0.2) is 47.7 Å². The van der Waals surface area contributed by atoms with E-state index in [0.29, 0.717) is 0 Å². The summed E-state index contributed by atoms with van der Waals surface area (Å²) in [6.45, 7) is 4.17. The van der Waals surface area contributed by atoms with Crippen LogP contribution in [-0.2, 0) is 32.5 Å². The van der Waals surface area contributed by atoms with Gasteiger partial charge in [0, 0.05) is 12.6 Å². The Bertz CT molecular complexity index is 692. The molecule has 10 heteroatoms. The number of carbonyl (C=O) groups excluding carboxylic acids is 2. The summed E-state index contributed by atoms with van der Waals surface area (Å²) < 4.78 is 49.3. The molecule has 29 heavy (non-hydrogen) atoms. The highest BCUT2D eigenvalue weighted by Crippen LogP contribution is 2.57. The van der Waals surface area contributed by atoms with Crippen LogP contribution in [0.25, 0.3) is 0 Å². The number of ketones is 1. The fraction of sp³-hybridized carbons (Fsp3) is 0.789. The van der Waals surface area contributed by atoms with Crippen LogP contribution < -0.4 is 0 Å². The number of nitrogens with zero attached hydrogens (tertiary/aromatic N) is 1. The molecule has 0 aromatic carbocycles. The topological polar surface area (TPSA) is 91.4 Å². The maximum absolute atomic E-state index is 13.6. The van der Waals surface area contributed by atoms with E-state index in [1.807, 2.05) is 0 Å². The van der Waals surface area contributed by atoms with Crippen LogP contribution in [0.15, 0.2) is 12.0 Å². The van der Waals surface area contributed by atoms with E-state index in [-0.39, 0.29) is 19.1 Å². The first kappa shape index (κ1) is 22.6. The zero-order chi connectivity index (χ0) is 21.0. The molecule has 0 radical (unpaired) electrons. The molecule has 4 atom stereocenters. The highest BCUT2D eigenvalue weighted by Gasteiger charge is 2.50. The van der Waals surface area contributed by atoms with E-state index in [9.17, 15) is 18.5 Å². The number of unbranched alkanes of at least 4 members (excludes halogenated alkanes) is 2. The van der Waals surface area contributed by atoms with Crippen molar-refractivity contribution in [2.45, 2.75) is 89.8 Å². The average molecular weight is 433 g/mol. The molecule has 2 fully saturated rings. The Hall–Kier alpha value is -1.12. The molecule has 3 aliphatic rings. The summed E-state index contributed by atoms with van der Waals surface area (Å²) in [5.41, 5.74) is 0. The number of amides is 1. The van der Waals surface area contributed by atoms with Gasteiger partial charge < -0.3 is 4.74 Å². The number of hydrogen-bond acceptors (Lipinski definition) is 7. The summed E-state index contributed by atoms with van der Waals surface area (Å²) >= 11 is 0. The van der Waals surface area contributed by atoms with Crippen LogP contribution in [0.1, 0.15) is 65.2 Å². The van der Waals surface area contributed by atoms with Gasteiger partial charge in [-0.1, -0.05) is 39.5 Å². The summed E-state index contributed by atoms with van der Waals surface area (Å²) in [7, 11) is -3.75. The van der Waals surface area contributed by atoms with Gasteiger partial charge in [0.05, 0.1) is 19.1 Å². The van der Waals surface area contributed by atoms with Crippen molar-refractivity contribution in [2.24, 2.45) is 0 Å². The van der Waals surface area contributed by atoms with Crippen LogP contribution >= 0.6 is 7.82 Å². The number of hydrogen-bond donors (Lipinski definition) is 0. The summed E-state index contributed by atoms with van der Waals surface area (Å²) in [5.74, 6) is -2.37. The first-order chi connectivity index (χ1) is 13.8. The molecule has 0 spiro atoms. The number of rotatable bonds is 9. The molecule has 1 unspecified atom stereocenters. The van der Waals surface area contributed by atoms with Gasteiger partial charge in [-0.15, -0.1) is 0 Å². The molecule has 8 nitrogen and oxygen atoms in total. The van der Waals surface area contributed by atoms with Crippen molar-refractivity contribution >= 4 is 19.5 Å². The molecule has 0 aliphatic carbocycles. The van der Waals surface area contributed by atoms with Gasteiger partial charge in [-0.05, 0) is 12.8 Å². The van der Waals surface area contributed by atoms with Crippen LogP contribution in [0.5, 0.6) is 0 Å². The number of halogens is 1. The Kier molecular flexibility index (Phi) is 7.62. The van der Waals surface area contributed by atoms with Gasteiger partial charge in [0.15, 0.2) is 5.83 Å². The molecule has 2 saturated heterocycles. The smallest absolute Gasteiger partial charge is 0.349 e. The van der Waals surface area contributed by atoms with E-state index in [0.717, 1.165) is 49.6 Å². The highest BCUT2D eigenvalue weighted by atomic mass is 31.2. The molecule has 3 heterocycles. The summed E-state index contributed by atoms with van der Waals surface area (Å²) in [6, 6.07) is 0. The first-order valence-electron chi connectivity index (χ1n) is 10.3. The van der Waals surface area contributed by atoms with Gasteiger partial charge in [0.25, 0.3) is 0 Å². The van der Waals surface area contributed by atoms with Crippen molar-refractivity contribution in [3.8, 4) is 0 Å². The maximum atomic E-state index is 13.6. The Morgan fingerprint density at radius 3 is 2.59 bits per heavy atom. The lowest BCUT2D eigenvalue weighted by Gasteiger charge is -2.32. The average Bonchev–Trinajstić information content (AvgIpc) is 3.09. The van der Waals surface area contributed by atoms with Gasteiger partial charge in [-0.2, -0.15) is 0 Å². The van der Waals surface area contributed by atoms with Crippen molar-refractivity contribution in [3.05, 3.63) is 12.0 Å². The molecule has 164 valence electrons. The van der Waals surface area contributed by atoms with Crippen LogP contribution in [0, 0.1) is 0 Å². The Balaban J connectivity index is 1.62. The third kappa shape index (κ3) is 5.52. The Labute approximate surface area is 170 Å². The fourth-order valence-corrected chi connectivity index (χ4v) is 5.30. The molecule has 0 bridgehead atoms. The minimum atomic E-state index is -3.75. The van der Waals surface area contributed by atoms with Gasteiger partial charge in [-0.3, -0.25) is 28.1 Å². The zero-order valence-electron chi connectivity index (χ0n) is 16.9. The first-order valence-corrected chi connectivity index (χ1v) is 11.8. The predicted molar refractivity (Wildman–Crippen MR) is 101 cm³/mol. The van der Waals surface area contributed by atoms with Crippen molar-refractivity contribution in [1.82, 2.24) is 4.90 Å². The van der Waals surface area contributed by atoms with Gasteiger partial charge in [0.1, 0.15) is 18.4 Å². The predicted octanol–water partition coefficient (Wildman–Crippen LogP) is 4.00. The number of phosphoric ester groups is 1. The maximum Gasteiger partial charge on any atom is 0.475 e. The second kappa shape index (κ2) is 9.79. The lowest BCUT2D eigenvalue weighted by atomic mass is 10.1. The van der Waals surface area contributed by atoms with Crippen molar-refractivity contribution < 1.29 is 36.9 Å². The molecule has 0 aromatic heterocycles. The molecule has 0 saturated carbocycles. The lowest BCUT2D eigenvalue weighted by Crippen LogP contribution is -2.40. The van der Waals surface area contributed by atoms with Gasteiger partial charge >= 0.3 is 7.82 Å². The number of allylic oxidation sites excluding steroid dienone is 1. The Morgan fingerprint density at radius 2 is 1.93 bits per heavy atom. The van der Waals surface area contributed by atoms with Crippen LogP contribution in [0.2, 0.25) is 0 Å². The van der Waals surface area contributed by atoms with E-state index >= 15 is 0 Å². The number of ether oxygens (including phenoxy) is 1. The molecule has 3 aliphatic heterocycles. The standard InChI is InChI=1S/C19H29FNO7P/c1-3-5-7-13(8-6-4-2)27-29(24)25-12-17-16(28-29)10-19(26-17)21-11-14(20)15(22)9-18(21)23/h11,13,16-17,19H,3-10,12H2,1-2H3/t16-,17+,19+,29?/m0/s1. The SMILES string of the molecule is CCCCC(CCCC)OP1(=O)OC[C@H]2O[C@@H](N3C=C(F)C(=O)CC3=O)C[C@@H]2O1. The molecule has 3 rings (SSSR count). The number of fused-ring (bicyclic) bond motifs is 1. The highest BCUT2D eigenvalue weighted by molar-refractivity contribution is 7.48. The molecule has 0 aromatic rings. The van der Waals surface area contributed by atoms with E-state index in [2.05, 4.69) is 13.8 Å². The molecule has 0 N–H and O–H groups in total. The van der Waals surface area contributed by atoms with E-state index < -0.39 is 50.2 Å². The minimum absolute atomic E-state index is 0.000122. The minimum Gasteiger partial charge on any atom is -0.349 e. The van der Waals surface area contributed by atoms with E-state index in [1.165, 1.54) is 0 Å². The van der Waals surface area contributed by atoms with Crippen molar-refractivity contribution in [3.63, 3.8) is 0 Å². The van der Waals surface area contributed by atoms with Crippen LogP contribution in [0.4, 0.5) is 4.39 Å². The number of Topliss-reactive ketones (excluding diaryl/α,β-unsaturated/α-hetero) is 1. The number of carbonyl (C=O) groups is 2. The Morgan fingerprint density at radius 1 is 1.24 bits per heavy atom. The van der Waals surface area contributed by atoms with Gasteiger partial charge in [-0.25, -0.2) is 8.96 Å². The van der Waals surface area contributed by atoms with Gasteiger partial charge in [0.2, 0.25) is 11.7 Å². The summed E-state index contributed by atoms with van der Waals surface area (Å²) in [4.78, 5) is 24.5. The normalized spacial score (nSPS) is 32.6. The van der Waals surface area contributed by atoms with Crippen molar-refractivity contribution in [2.75, 3.05) is 6.61 Å². The molecular formula is C19H29FNO7P. The number of phosphoric acid groups is 1. The fourth-order valence-electron chi connectivity index (χ4n) is 3.67. The second-order valence-electron chi connectivity index (χ2n) is 7.64. The lowest BCUT2D eigenvalue weighted by molar-refractivity contribution is -0.146. The van der Waals surface area contributed by atoms with E-state index in [4.69, 9.17) is 18.3 Å². The summed E-state index contributed by atoms with van der Waals surface area (Å²) in [6.07, 6.45) is 3.86. The van der Waals surface area contributed by atoms with Crippen LogP contribution in [0.3, 0.4) is 0 Å². The quantitative estimate of drug-likeness (QED) is 0.401. The zero-order valence-corrected chi connectivity index (χ0v) is 17.8. The third-order valence-corrected chi connectivity index (χ3v) is 6.86. The summed E-state index contributed by atoms with van der Waals surface area (Å²) in [5, 5.41) is 0. The largest absolute Gasteiger partial charge is 0.475 e.